The van der Waals surface area contributed by atoms with Crippen molar-refractivity contribution < 1.29 is 5.11 Å². The van der Waals surface area contributed by atoms with Gasteiger partial charge in [0.25, 0.3) is 0 Å². The second kappa shape index (κ2) is 6.52. The van der Waals surface area contributed by atoms with Crippen molar-refractivity contribution in [3.63, 3.8) is 0 Å². The Labute approximate surface area is 166 Å². The highest BCUT2D eigenvalue weighted by Crippen LogP contribution is 2.49. The minimum Gasteiger partial charge on any atom is -0.508 e. The van der Waals surface area contributed by atoms with Gasteiger partial charge in [-0.2, -0.15) is 0 Å². The van der Waals surface area contributed by atoms with E-state index in [9.17, 15) is 5.11 Å². The molecule has 1 saturated heterocycles. The number of aromatic hydroxyl groups is 1. The van der Waals surface area contributed by atoms with Crippen LogP contribution in [0.2, 0.25) is 0 Å². The van der Waals surface area contributed by atoms with E-state index in [-0.39, 0.29) is 5.41 Å². The van der Waals surface area contributed by atoms with E-state index in [2.05, 4.69) is 47.7 Å². The maximum atomic E-state index is 10.2. The molecule has 2 atom stereocenters. The summed E-state index contributed by atoms with van der Waals surface area (Å²) in [7, 11) is 0. The topological polar surface area (TPSA) is 39.3 Å². The minimum atomic E-state index is 0.0827. The van der Waals surface area contributed by atoms with E-state index < -0.39 is 0 Å². The Bertz CT molecular complexity index is 1050. The van der Waals surface area contributed by atoms with Crippen molar-refractivity contribution >= 4 is 10.9 Å². The Morgan fingerprint density at radius 1 is 1.29 bits per heavy atom. The highest BCUT2D eigenvalue weighted by atomic mass is 16.3. The van der Waals surface area contributed by atoms with Gasteiger partial charge in [-0.15, -0.1) is 6.58 Å². The zero-order valence-corrected chi connectivity index (χ0v) is 16.5. The Hall–Kier alpha value is -2.52. The lowest BCUT2D eigenvalue weighted by molar-refractivity contribution is 0.0896. The van der Waals surface area contributed by atoms with Crippen molar-refractivity contribution in [3.8, 4) is 5.75 Å². The molecular formula is C25H28N2O. The monoisotopic (exact) mass is 372 g/mol. The van der Waals surface area contributed by atoms with Crippen LogP contribution in [-0.4, -0.2) is 34.6 Å². The van der Waals surface area contributed by atoms with Crippen LogP contribution in [0.5, 0.6) is 5.75 Å². The average molecular weight is 373 g/mol. The molecule has 3 heteroatoms. The number of rotatable bonds is 3. The maximum absolute atomic E-state index is 10.2. The van der Waals surface area contributed by atoms with Gasteiger partial charge in [-0.25, -0.2) is 0 Å². The molecule has 1 aromatic heterocycles. The zero-order chi connectivity index (χ0) is 19.3. The fourth-order valence-corrected chi connectivity index (χ4v) is 5.64. The molecule has 1 fully saturated rings. The van der Waals surface area contributed by atoms with Crippen molar-refractivity contribution in [1.82, 2.24) is 9.88 Å². The molecule has 1 unspecified atom stereocenters. The summed E-state index contributed by atoms with van der Waals surface area (Å²) in [4.78, 5) is 6.26. The Morgan fingerprint density at radius 3 is 3.00 bits per heavy atom. The van der Waals surface area contributed by atoms with Crippen LogP contribution < -0.4 is 0 Å². The Kier molecular flexibility index (Phi) is 4.09. The summed E-state index contributed by atoms with van der Waals surface area (Å²) in [5.74, 6) is 0.909. The summed E-state index contributed by atoms with van der Waals surface area (Å²) in [5, 5.41) is 11.6. The summed E-state index contributed by atoms with van der Waals surface area (Å²) >= 11 is 0. The van der Waals surface area contributed by atoms with Crippen LogP contribution >= 0.6 is 0 Å². The van der Waals surface area contributed by atoms with Crippen LogP contribution in [-0.2, 0) is 18.3 Å². The normalized spacial score (nSPS) is 24.7. The van der Waals surface area contributed by atoms with E-state index in [1.165, 1.54) is 33.3 Å². The molecule has 0 spiro atoms. The molecule has 1 aliphatic carbocycles. The van der Waals surface area contributed by atoms with Gasteiger partial charge in [-0.05, 0) is 74.0 Å². The van der Waals surface area contributed by atoms with Crippen molar-refractivity contribution in [1.29, 1.82) is 0 Å². The number of phenols is 1. The molecule has 1 aliphatic heterocycles. The van der Waals surface area contributed by atoms with Gasteiger partial charge < -0.3 is 10.1 Å². The molecular weight excluding hydrogens is 344 g/mol. The van der Waals surface area contributed by atoms with E-state index >= 15 is 0 Å². The molecule has 0 bridgehead atoms. The number of hydrogen-bond acceptors (Lipinski definition) is 2. The lowest BCUT2D eigenvalue weighted by Gasteiger charge is -2.51. The van der Waals surface area contributed by atoms with Crippen LogP contribution in [0.1, 0.15) is 28.8 Å². The molecule has 28 heavy (non-hydrogen) atoms. The molecule has 3 nitrogen and oxygen atoms in total. The van der Waals surface area contributed by atoms with Gasteiger partial charge >= 0.3 is 0 Å². The van der Waals surface area contributed by atoms with Crippen molar-refractivity contribution in [3.05, 3.63) is 77.5 Å². The zero-order valence-electron chi connectivity index (χ0n) is 16.5. The first kappa shape index (κ1) is 17.6. The standard InChI is InChI=1S/C25H28N2O/c1-3-10-27-11-9-25(18-5-4-6-20(28)13-18)15-24-22(14-19(25)16-27)21-12-17(2)7-8-23(21)26-24/h3-8,12-13,19,26,28H,1,9-11,14-16H2,2H3/t19?,25-/m1/s1. The van der Waals surface area contributed by atoms with Gasteiger partial charge in [0.15, 0.2) is 0 Å². The number of likely N-dealkylation sites (tertiary alicyclic amines) is 1. The first-order chi connectivity index (χ1) is 13.6. The van der Waals surface area contributed by atoms with E-state index in [1.807, 2.05) is 18.2 Å². The van der Waals surface area contributed by atoms with Gasteiger partial charge in [-0.3, -0.25) is 4.90 Å². The number of nitrogens with zero attached hydrogens (tertiary/aromatic N) is 1. The molecule has 144 valence electrons. The fourth-order valence-electron chi connectivity index (χ4n) is 5.64. The maximum Gasteiger partial charge on any atom is 0.115 e. The fraction of sp³-hybridized carbons (Fsp3) is 0.360. The van der Waals surface area contributed by atoms with Crippen LogP contribution in [0.15, 0.2) is 55.1 Å². The van der Waals surface area contributed by atoms with Crippen molar-refractivity contribution in [2.45, 2.75) is 31.6 Å². The van der Waals surface area contributed by atoms with Gasteiger partial charge in [-0.1, -0.05) is 29.8 Å². The predicted octanol–water partition coefficient (Wildman–Crippen LogP) is 4.73. The molecule has 0 saturated carbocycles. The van der Waals surface area contributed by atoms with Crippen LogP contribution in [0.25, 0.3) is 10.9 Å². The van der Waals surface area contributed by atoms with E-state index in [1.54, 1.807) is 6.07 Å². The quantitative estimate of drug-likeness (QED) is 0.653. The van der Waals surface area contributed by atoms with E-state index in [4.69, 9.17) is 0 Å². The highest BCUT2D eigenvalue weighted by Gasteiger charge is 2.47. The number of phenolic OH excluding ortho intramolecular Hbond substituents is 1. The molecule has 0 radical (unpaired) electrons. The van der Waals surface area contributed by atoms with Crippen molar-refractivity contribution in [2.75, 3.05) is 19.6 Å². The molecule has 2 aliphatic rings. The van der Waals surface area contributed by atoms with Crippen LogP contribution in [0, 0.1) is 12.8 Å². The van der Waals surface area contributed by atoms with Gasteiger partial charge in [0.2, 0.25) is 0 Å². The summed E-state index contributed by atoms with van der Waals surface area (Å²) in [6.07, 6.45) is 5.24. The summed E-state index contributed by atoms with van der Waals surface area (Å²) in [6.45, 7) is 9.23. The SMILES string of the molecule is C=CCN1CC[C@]2(c3cccc(O)c3)Cc3[nH]c4ccc(C)cc4c3CC2C1. The molecule has 0 amide bonds. The average Bonchev–Trinajstić information content (AvgIpc) is 3.03. The Balaban J connectivity index is 1.64. The third-order valence-corrected chi connectivity index (χ3v) is 7.04. The van der Waals surface area contributed by atoms with E-state index in [0.717, 1.165) is 38.9 Å². The number of aromatic amines is 1. The first-order valence-electron chi connectivity index (χ1n) is 10.3. The van der Waals surface area contributed by atoms with Gasteiger partial charge in [0.1, 0.15) is 5.75 Å². The molecule has 3 aromatic rings. The number of benzene rings is 2. The molecule has 2 heterocycles. The minimum absolute atomic E-state index is 0.0827. The summed E-state index contributed by atoms with van der Waals surface area (Å²) in [6, 6.07) is 14.7. The number of aromatic nitrogens is 1. The van der Waals surface area contributed by atoms with Crippen molar-refractivity contribution in [2.24, 2.45) is 5.92 Å². The predicted molar refractivity (Wildman–Crippen MR) is 115 cm³/mol. The van der Waals surface area contributed by atoms with Gasteiger partial charge in [0.05, 0.1) is 0 Å². The third-order valence-electron chi connectivity index (χ3n) is 7.04. The van der Waals surface area contributed by atoms with E-state index in [0.29, 0.717) is 11.7 Å². The largest absolute Gasteiger partial charge is 0.508 e. The second-order valence-electron chi connectivity index (χ2n) is 8.71. The molecule has 2 aromatic carbocycles. The summed E-state index contributed by atoms with van der Waals surface area (Å²) in [5.41, 5.74) is 6.83. The van der Waals surface area contributed by atoms with Gasteiger partial charge in [0, 0.05) is 35.1 Å². The molecule has 5 rings (SSSR count). The number of fused-ring (bicyclic) bond motifs is 4. The lowest BCUT2D eigenvalue weighted by Crippen LogP contribution is -2.53. The van der Waals surface area contributed by atoms with Crippen LogP contribution in [0.4, 0.5) is 0 Å². The second-order valence-corrected chi connectivity index (χ2v) is 8.71. The number of hydrogen-bond donors (Lipinski definition) is 2. The number of aryl methyl sites for hydroxylation is 1. The summed E-state index contributed by atoms with van der Waals surface area (Å²) < 4.78 is 0. The number of H-pyrrole nitrogens is 1. The third kappa shape index (κ3) is 2.68. The highest BCUT2D eigenvalue weighted by molar-refractivity contribution is 5.85. The lowest BCUT2D eigenvalue weighted by atomic mass is 9.58. The van der Waals surface area contributed by atoms with Crippen LogP contribution in [0.3, 0.4) is 0 Å². The number of piperidine rings is 1. The smallest absolute Gasteiger partial charge is 0.115 e. The number of nitrogens with one attached hydrogen (secondary N) is 1. The molecule has 2 N–H and O–H groups in total. The first-order valence-corrected chi connectivity index (χ1v) is 10.3. The Morgan fingerprint density at radius 2 is 2.18 bits per heavy atom.